The molecular weight excluding hydrogens is 242 g/mol. The van der Waals surface area contributed by atoms with Crippen LogP contribution < -0.4 is 4.72 Å². The molecule has 1 fully saturated rings. The fraction of sp³-hybridized carbons (Fsp3) is 0.909. The van der Waals surface area contributed by atoms with Gasteiger partial charge in [-0.15, -0.1) is 0 Å². The molecule has 1 aliphatic rings. The van der Waals surface area contributed by atoms with E-state index in [1.807, 2.05) is 6.92 Å². The van der Waals surface area contributed by atoms with Gasteiger partial charge in [0.25, 0.3) is 0 Å². The van der Waals surface area contributed by atoms with E-state index in [1.165, 1.54) is 0 Å². The van der Waals surface area contributed by atoms with Crippen LogP contribution in [0.3, 0.4) is 0 Å². The number of sulfonamides is 1. The van der Waals surface area contributed by atoms with E-state index in [9.17, 15) is 13.2 Å². The molecule has 1 atom stereocenters. The van der Waals surface area contributed by atoms with Crippen molar-refractivity contribution < 1.29 is 18.3 Å². The van der Waals surface area contributed by atoms with E-state index in [1.54, 1.807) is 0 Å². The standard InChI is InChI=1S/C11H21NO4S/c1-2-5-9(11(13)14)8-12-17(15,16)10-6-3-4-7-10/h9-10,12H,2-8H2,1H3,(H,13,14). The van der Waals surface area contributed by atoms with Crippen molar-refractivity contribution in [3.05, 3.63) is 0 Å². The van der Waals surface area contributed by atoms with Crippen LogP contribution in [0.15, 0.2) is 0 Å². The van der Waals surface area contributed by atoms with Crippen molar-refractivity contribution in [1.82, 2.24) is 4.72 Å². The summed E-state index contributed by atoms with van der Waals surface area (Å²) >= 11 is 0. The van der Waals surface area contributed by atoms with Crippen LogP contribution in [0.25, 0.3) is 0 Å². The average Bonchev–Trinajstić information content (AvgIpc) is 2.77. The van der Waals surface area contributed by atoms with Crippen LogP contribution in [0.4, 0.5) is 0 Å². The van der Waals surface area contributed by atoms with Crippen molar-refractivity contribution in [3.8, 4) is 0 Å². The highest BCUT2D eigenvalue weighted by Gasteiger charge is 2.29. The zero-order valence-electron chi connectivity index (χ0n) is 10.2. The Morgan fingerprint density at radius 3 is 2.47 bits per heavy atom. The smallest absolute Gasteiger partial charge is 0.307 e. The van der Waals surface area contributed by atoms with Crippen LogP contribution >= 0.6 is 0 Å². The molecule has 1 rings (SSSR count). The maximum atomic E-state index is 11.9. The van der Waals surface area contributed by atoms with Gasteiger partial charge in [-0.25, -0.2) is 13.1 Å². The summed E-state index contributed by atoms with van der Waals surface area (Å²) in [7, 11) is -3.32. The van der Waals surface area contributed by atoms with Gasteiger partial charge >= 0.3 is 5.97 Å². The number of carboxylic acid groups (broad SMARTS) is 1. The molecule has 0 bridgehead atoms. The molecule has 0 aliphatic heterocycles. The number of carbonyl (C=O) groups is 1. The lowest BCUT2D eigenvalue weighted by Crippen LogP contribution is -2.37. The fourth-order valence-electron chi connectivity index (χ4n) is 2.19. The lowest BCUT2D eigenvalue weighted by atomic mass is 10.1. The minimum Gasteiger partial charge on any atom is -0.481 e. The lowest BCUT2D eigenvalue weighted by Gasteiger charge is -2.15. The Kier molecular flexibility index (Phi) is 5.39. The predicted octanol–water partition coefficient (Wildman–Crippen LogP) is 1.35. The molecule has 0 spiro atoms. The number of aliphatic carboxylic acids is 1. The molecule has 0 aromatic rings. The van der Waals surface area contributed by atoms with Crippen LogP contribution in [0.5, 0.6) is 0 Å². The Morgan fingerprint density at radius 2 is 2.00 bits per heavy atom. The Labute approximate surface area is 103 Å². The van der Waals surface area contributed by atoms with Crippen molar-refractivity contribution in [2.75, 3.05) is 6.54 Å². The molecule has 6 heteroatoms. The molecule has 100 valence electrons. The topological polar surface area (TPSA) is 83.5 Å². The van der Waals surface area contributed by atoms with Crippen molar-refractivity contribution in [3.63, 3.8) is 0 Å². The van der Waals surface area contributed by atoms with Gasteiger partial charge in [-0.2, -0.15) is 0 Å². The van der Waals surface area contributed by atoms with Gasteiger partial charge in [0.05, 0.1) is 11.2 Å². The fourth-order valence-corrected chi connectivity index (χ4v) is 3.82. The normalized spacial score (nSPS) is 19.4. The first-order valence-corrected chi connectivity index (χ1v) is 7.73. The first-order chi connectivity index (χ1) is 7.97. The van der Waals surface area contributed by atoms with Gasteiger partial charge < -0.3 is 5.11 Å². The molecule has 2 N–H and O–H groups in total. The predicted molar refractivity (Wildman–Crippen MR) is 65.2 cm³/mol. The molecule has 0 amide bonds. The molecule has 1 saturated carbocycles. The molecular formula is C11H21NO4S. The SMILES string of the molecule is CCCC(CNS(=O)(=O)C1CCCC1)C(=O)O. The molecule has 0 radical (unpaired) electrons. The van der Waals surface area contributed by atoms with E-state index in [2.05, 4.69) is 4.72 Å². The van der Waals surface area contributed by atoms with Crippen LogP contribution in [0.2, 0.25) is 0 Å². The van der Waals surface area contributed by atoms with Crippen molar-refractivity contribution >= 4 is 16.0 Å². The maximum Gasteiger partial charge on any atom is 0.307 e. The zero-order chi connectivity index (χ0) is 12.9. The monoisotopic (exact) mass is 263 g/mol. The summed E-state index contributed by atoms with van der Waals surface area (Å²) in [5.74, 6) is -1.54. The summed E-state index contributed by atoms with van der Waals surface area (Å²) in [6.45, 7) is 1.91. The average molecular weight is 263 g/mol. The summed E-state index contributed by atoms with van der Waals surface area (Å²) < 4.78 is 26.2. The van der Waals surface area contributed by atoms with Crippen LogP contribution in [0.1, 0.15) is 45.4 Å². The molecule has 0 aromatic carbocycles. The van der Waals surface area contributed by atoms with E-state index in [0.29, 0.717) is 19.3 Å². The maximum absolute atomic E-state index is 11.9. The third kappa shape index (κ3) is 4.27. The Morgan fingerprint density at radius 1 is 1.41 bits per heavy atom. The highest BCUT2D eigenvalue weighted by molar-refractivity contribution is 7.90. The number of hydrogen-bond donors (Lipinski definition) is 2. The number of hydrogen-bond acceptors (Lipinski definition) is 3. The molecule has 0 saturated heterocycles. The highest BCUT2D eigenvalue weighted by atomic mass is 32.2. The lowest BCUT2D eigenvalue weighted by molar-refractivity contribution is -0.141. The summed E-state index contributed by atoms with van der Waals surface area (Å²) in [5.41, 5.74) is 0. The Bertz CT molecular complexity index is 346. The number of rotatable bonds is 7. The van der Waals surface area contributed by atoms with Gasteiger partial charge in [0.15, 0.2) is 0 Å². The van der Waals surface area contributed by atoms with Crippen LogP contribution in [-0.2, 0) is 14.8 Å². The molecule has 17 heavy (non-hydrogen) atoms. The van der Waals surface area contributed by atoms with Gasteiger partial charge in [-0.1, -0.05) is 26.2 Å². The Balaban J connectivity index is 2.49. The summed E-state index contributed by atoms with van der Waals surface area (Å²) in [5, 5.41) is 8.61. The molecule has 1 aliphatic carbocycles. The van der Waals surface area contributed by atoms with E-state index in [-0.39, 0.29) is 11.8 Å². The first kappa shape index (κ1) is 14.4. The van der Waals surface area contributed by atoms with Gasteiger partial charge in [0.2, 0.25) is 10.0 Å². The second kappa shape index (κ2) is 6.35. The second-order valence-electron chi connectivity index (χ2n) is 4.62. The third-order valence-corrected chi connectivity index (χ3v) is 5.18. The van der Waals surface area contributed by atoms with E-state index < -0.39 is 21.9 Å². The minimum atomic E-state index is -3.32. The summed E-state index contributed by atoms with van der Waals surface area (Å²) in [6.07, 6.45) is 4.53. The van der Waals surface area contributed by atoms with E-state index in [0.717, 1.165) is 19.3 Å². The molecule has 1 unspecified atom stereocenters. The van der Waals surface area contributed by atoms with Gasteiger partial charge in [0.1, 0.15) is 0 Å². The van der Waals surface area contributed by atoms with E-state index in [4.69, 9.17) is 5.11 Å². The molecule has 0 heterocycles. The largest absolute Gasteiger partial charge is 0.481 e. The number of carboxylic acids is 1. The van der Waals surface area contributed by atoms with Crippen molar-refractivity contribution in [2.24, 2.45) is 5.92 Å². The van der Waals surface area contributed by atoms with Crippen molar-refractivity contribution in [2.45, 2.75) is 50.7 Å². The second-order valence-corrected chi connectivity index (χ2v) is 6.67. The zero-order valence-corrected chi connectivity index (χ0v) is 11.0. The van der Waals surface area contributed by atoms with Crippen LogP contribution in [-0.4, -0.2) is 31.3 Å². The van der Waals surface area contributed by atoms with Crippen molar-refractivity contribution in [1.29, 1.82) is 0 Å². The highest BCUT2D eigenvalue weighted by Crippen LogP contribution is 2.24. The third-order valence-electron chi connectivity index (χ3n) is 3.26. The van der Waals surface area contributed by atoms with Gasteiger partial charge in [-0.05, 0) is 19.3 Å². The minimum absolute atomic E-state index is 0.0159. The van der Waals surface area contributed by atoms with Gasteiger partial charge in [-0.3, -0.25) is 4.79 Å². The summed E-state index contributed by atoms with van der Waals surface area (Å²) in [4.78, 5) is 10.9. The van der Waals surface area contributed by atoms with Crippen LogP contribution in [0, 0.1) is 5.92 Å². The quantitative estimate of drug-likeness (QED) is 0.726. The molecule has 5 nitrogen and oxygen atoms in total. The Hall–Kier alpha value is -0.620. The van der Waals surface area contributed by atoms with Gasteiger partial charge in [0, 0.05) is 6.54 Å². The number of nitrogens with one attached hydrogen (secondary N) is 1. The first-order valence-electron chi connectivity index (χ1n) is 6.18. The molecule has 0 aromatic heterocycles. The van der Waals surface area contributed by atoms with E-state index >= 15 is 0 Å². The summed E-state index contributed by atoms with van der Waals surface area (Å²) in [6, 6.07) is 0.